The van der Waals surface area contributed by atoms with Gasteiger partial charge in [-0.15, -0.1) is 0 Å². The number of nitrogens with zero attached hydrogens (tertiary/aromatic N) is 2. The van der Waals surface area contributed by atoms with Crippen molar-refractivity contribution in [3.05, 3.63) is 73.1 Å². The van der Waals surface area contributed by atoms with Crippen molar-refractivity contribution in [1.29, 1.82) is 0 Å². The molecular weight excluding hydrogens is 300 g/mol. The molecule has 0 spiro atoms. The minimum atomic E-state index is 0.633. The molecule has 24 heavy (non-hydrogen) atoms. The average Bonchev–Trinajstić information content (AvgIpc) is 3.27. The normalized spacial score (nSPS) is 11.3. The fraction of sp³-hybridized carbons (Fsp3) is 0. The van der Waals surface area contributed by atoms with Crippen LogP contribution in [0.1, 0.15) is 0 Å². The van der Waals surface area contributed by atoms with Crippen LogP contribution in [0.4, 0.5) is 0 Å². The number of hydrogen-bond acceptors (Lipinski definition) is 4. The molecule has 0 bridgehead atoms. The van der Waals surface area contributed by atoms with Gasteiger partial charge in [0.05, 0.1) is 0 Å². The fourth-order valence-electron chi connectivity index (χ4n) is 2.84. The summed E-state index contributed by atoms with van der Waals surface area (Å²) in [5.74, 6) is 0.633. The van der Waals surface area contributed by atoms with Gasteiger partial charge >= 0.3 is 0 Å². The Bertz CT molecular complexity index is 1160. The van der Waals surface area contributed by atoms with Gasteiger partial charge in [-0.05, 0) is 47.5 Å². The van der Waals surface area contributed by atoms with E-state index < -0.39 is 0 Å². The molecule has 5 aromatic rings. The van der Waals surface area contributed by atoms with E-state index in [-0.39, 0.29) is 0 Å². The van der Waals surface area contributed by atoms with Crippen molar-refractivity contribution in [3.63, 3.8) is 0 Å². The van der Waals surface area contributed by atoms with E-state index in [9.17, 15) is 0 Å². The fourth-order valence-corrected chi connectivity index (χ4v) is 2.84. The average molecular weight is 312 g/mol. The zero-order valence-electron chi connectivity index (χ0n) is 12.6. The predicted molar refractivity (Wildman–Crippen MR) is 92.4 cm³/mol. The Balaban J connectivity index is 1.62. The highest BCUT2D eigenvalue weighted by molar-refractivity contribution is 5.85. The highest BCUT2D eigenvalue weighted by Gasteiger charge is 2.10. The van der Waals surface area contributed by atoms with Crippen LogP contribution in [0.15, 0.2) is 82.0 Å². The summed E-state index contributed by atoms with van der Waals surface area (Å²) in [6, 6.07) is 21.9. The van der Waals surface area contributed by atoms with E-state index in [0.29, 0.717) is 5.89 Å². The summed E-state index contributed by atoms with van der Waals surface area (Å²) in [5, 5.41) is 0. The van der Waals surface area contributed by atoms with E-state index in [1.165, 1.54) is 6.39 Å². The van der Waals surface area contributed by atoms with E-state index in [4.69, 9.17) is 8.83 Å². The molecular formula is C20H12N2O2. The lowest BCUT2D eigenvalue weighted by atomic mass is 10.1. The lowest BCUT2D eigenvalue weighted by molar-refractivity contribution is 0.602. The first-order valence-electron chi connectivity index (χ1n) is 7.66. The topological polar surface area (TPSA) is 52.1 Å². The Morgan fingerprint density at radius 1 is 0.667 bits per heavy atom. The maximum atomic E-state index is 5.94. The number of hydrogen-bond donors (Lipinski definition) is 0. The van der Waals surface area contributed by atoms with E-state index in [1.54, 1.807) is 0 Å². The molecule has 0 atom stereocenters. The number of aromatic nitrogens is 2. The van der Waals surface area contributed by atoms with Crippen LogP contribution < -0.4 is 0 Å². The Labute approximate surface area is 137 Å². The Hall–Kier alpha value is -3.40. The van der Waals surface area contributed by atoms with Crippen LogP contribution >= 0.6 is 0 Å². The van der Waals surface area contributed by atoms with Crippen molar-refractivity contribution < 1.29 is 8.83 Å². The van der Waals surface area contributed by atoms with Crippen LogP contribution in [0.5, 0.6) is 0 Å². The predicted octanol–water partition coefficient (Wildman–Crippen LogP) is 5.30. The third kappa shape index (κ3) is 2.08. The van der Waals surface area contributed by atoms with E-state index in [0.717, 1.165) is 38.9 Å². The van der Waals surface area contributed by atoms with Gasteiger partial charge in [-0.25, -0.2) is 9.97 Å². The van der Waals surface area contributed by atoms with Crippen molar-refractivity contribution in [2.75, 3.05) is 0 Å². The van der Waals surface area contributed by atoms with Crippen molar-refractivity contribution in [3.8, 4) is 22.6 Å². The maximum Gasteiger partial charge on any atom is 0.227 e. The molecule has 0 radical (unpaired) electrons. The summed E-state index contributed by atoms with van der Waals surface area (Å²) < 4.78 is 11.3. The van der Waals surface area contributed by atoms with Crippen LogP contribution in [0.2, 0.25) is 0 Å². The molecule has 2 aromatic heterocycles. The summed E-state index contributed by atoms with van der Waals surface area (Å²) in [6.07, 6.45) is 1.46. The molecule has 114 valence electrons. The van der Waals surface area contributed by atoms with Crippen molar-refractivity contribution in [2.45, 2.75) is 0 Å². The summed E-state index contributed by atoms with van der Waals surface area (Å²) in [4.78, 5) is 8.71. The molecule has 0 aliphatic carbocycles. The molecule has 4 heteroatoms. The summed E-state index contributed by atoms with van der Waals surface area (Å²) >= 11 is 0. The molecule has 2 heterocycles. The quantitative estimate of drug-likeness (QED) is 0.443. The first-order chi connectivity index (χ1) is 11.9. The van der Waals surface area contributed by atoms with Gasteiger partial charge in [0.15, 0.2) is 17.6 Å². The monoisotopic (exact) mass is 312 g/mol. The highest BCUT2D eigenvalue weighted by atomic mass is 16.3. The molecule has 0 saturated carbocycles. The second kappa shape index (κ2) is 5.06. The Morgan fingerprint density at radius 3 is 2.25 bits per heavy atom. The second-order valence-corrected chi connectivity index (χ2v) is 5.60. The van der Waals surface area contributed by atoms with E-state index >= 15 is 0 Å². The Morgan fingerprint density at radius 2 is 1.42 bits per heavy atom. The minimum absolute atomic E-state index is 0.633. The third-order valence-corrected chi connectivity index (χ3v) is 4.07. The molecule has 5 rings (SSSR count). The number of oxazole rings is 2. The van der Waals surface area contributed by atoms with Gasteiger partial charge in [-0.1, -0.05) is 30.3 Å². The molecule has 0 unspecified atom stereocenters. The molecule has 0 aliphatic rings. The van der Waals surface area contributed by atoms with Gasteiger partial charge < -0.3 is 8.83 Å². The van der Waals surface area contributed by atoms with Crippen LogP contribution in [-0.2, 0) is 0 Å². The van der Waals surface area contributed by atoms with E-state index in [2.05, 4.69) is 9.97 Å². The molecule has 0 amide bonds. The summed E-state index contributed by atoms with van der Waals surface area (Å²) in [5.41, 5.74) is 6.32. The van der Waals surface area contributed by atoms with Crippen LogP contribution in [0, 0.1) is 0 Å². The molecule has 3 aromatic carbocycles. The van der Waals surface area contributed by atoms with Crippen molar-refractivity contribution in [2.24, 2.45) is 0 Å². The lowest BCUT2D eigenvalue weighted by Gasteiger charge is -2.00. The third-order valence-electron chi connectivity index (χ3n) is 4.07. The number of benzene rings is 3. The number of rotatable bonds is 2. The molecule has 0 fully saturated rings. The highest BCUT2D eigenvalue weighted by Crippen LogP contribution is 2.29. The first-order valence-corrected chi connectivity index (χ1v) is 7.66. The van der Waals surface area contributed by atoms with Crippen LogP contribution in [-0.4, -0.2) is 9.97 Å². The molecule has 0 saturated heterocycles. The summed E-state index contributed by atoms with van der Waals surface area (Å²) in [7, 11) is 0. The minimum Gasteiger partial charge on any atom is -0.443 e. The van der Waals surface area contributed by atoms with Gasteiger partial charge in [-0.3, -0.25) is 0 Å². The van der Waals surface area contributed by atoms with Crippen LogP contribution in [0.25, 0.3) is 44.8 Å². The van der Waals surface area contributed by atoms with Gasteiger partial charge in [0.1, 0.15) is 11.0 Å². The molecule has 0 aliphatic heterocycles. The lowest BCUT2D eigenvalue weighted by Crippen LogP contribution is -1.78. The van der Waals surface area contributed by atoms with Crippen molar-refractivity contribution in [1.82, 2.24) is 9.97 Å². The first kappa shape index (κ1) is 13.1. The van der Waals surface area contributed by atoms with Gasteiger partial charge in [-0.2, -0.15) is 0 Å². The Kier molecular flexibility index (Phi) is 2.76. The zero-order valence-corrected chi connectivity index (χ0v) is 12.6. The standard InChI is InChI=1S/C20H12N2O2/c1-2-4-13(5-3-1)20-22-17-9-7-15(11-19(17)24-20)14-6-8-16-18(10-14)23-12-21-16/h1-12H. The number of fused-ring (bicyclic) bond motifs is 2. The second-order valence-electron chi connectivity index (χ2n) is 5.60. The van der Waals surface area contributed by atoms with Gasteiger partial charge in [0, 0.05) is 5.56 Å². The summed E-state index contributed by atoms with van der Waals surface area (Å²) in [6.45, 7) is 0. The largest absolute Gasteiger partial charge is 0.443 e. The van der Waals surface area contributed by atoms with Gasteiger partial charge in [0.25, 0.3) is 0 Å². The SMILES string of the molecule is c1ccc(-c2nc3ccc(-c4ccc5ncoc5c4)cc3o2)cc1. The van der Waals surface area contributed by atoms with Crippen LogP contribution in [0.3, 0.4) is 0 Å². The maximum absolute atomic E-state index is 5.94. The van der Waals surface area contributed by atoms with E-state index in [1.807, 2.05) is 66.7 Å². The molecule has 4 nitrogen and oxygen atoms in total. The molecule has 0 N–H and O–H groups in total. The smallest absolute Gasteiger partial charge is 0.227 e. The van der Waals surface area contributed by atoms with Crippen molar-refractivity contribution >= 4 is 22.2 Å². The zero-order chi connectivity index (χ0) is 15.9. The van der Waals surface area contributed by atoms with Gasteiger partial charge in [0.2, 0.25) is 5.89 Å².